The Balaban J connectivity index is 2.63. The van der Waals surface area contributed by atoms with Crippen LogP contribution in [0.25, 0.3) is 0 Å². The summed E-state index contributed by atoms with van der Waals surface area (Å²) in [6, 6.07) is 9.36. The number of carboxylic acid groups (broad SMARTS) is 1. The first kappa shape index (κ1) is 13.5. The molecule has 0 aliphatic rings. The maximum absolute atomic E-state index is 10.5. The molecule has 0 aromatic heterocycles. The summed E-state index contributed by atoms with van der Waals surface area (Å²) in [5.74, 6) is -0.868. The maximum Gasteiger partial charge on any atom is 0.304 e. The number of nitriles is 1. The van der Waals surface area contributed by atoms with E-state index >= 15 is 0 Å². The van der Waals surface area contributed by atoms with Gasteiger partial charge in [0.15, 0.2) is 0 Å². The number of carboxylic acids is 1. The van der Waals surface area contributed by atoms with Crippen LogP contribution in [0.3, 0.4) is 0 Å². The normalized spacial score (nSPS) is 10.2. The van der Waals surface area contributed by atoms with E-state index in [2.05, 4.69) is 0 Å². The predicted molar refractivity (Wildman–Crippen MR) is 64.6 cm³/mol. The summed E-state index contributed by atoms with van der Waals surface area (Å²) in [5.41, 5.74) is 0.898. The van der Waals surface area contributed by atoms with Crippen LogP contribution in [0.1, 0.15) is 12.0 Å². The van der Waals surface area contributed by atoms with Gasteiger partial charge in [-0.05, 0) is 11.6 Å². The van der Waals surface area contributed by atoms with Crippen molar-refractivity contribution in [2.24, 2.45) is 0 Å². The number of halogens is 1. The zero-order valence-electron chi connectivity index (χ0n) is 9.27. The van der Waals surface area contributed by atoms with Crippen LogP contribution in [0.4, 0.5) is 0 Å². The van der Waals surface area contributed by atoms with Crippen molar-refractivity contribution in [2.75, 3.05) is 13.1 Å². The van der Waals surface area contributed by atoms with Gasteiger partial charge >= 0.3 is 5.97 Å². The summed E-state index contributed by atoms with van der Waals surface area (Å²) in [6.07, 6.45) is 0.0200. The Morgan fingerprint density at radius 3 is 2.76 bits per heavy atom. The lowest BCUT2D eigenvalue weighted by molar-refractivity contribution is -0.137. The average Bonchev–Trinajstić information content (AvgIpc) is 2.29. The van der Waals surface area contributed by atoms with Crippen molar-refractivity contribution >= 4 is 17.6 Å². The first-order chi connectivity index (χ1) is 8.13. The third kappa shape index (κ3) is 4.85. The van der Waals surface area contributed by atoms with Crippen molar-refractivity contribution in [1.82, 2.24) is 4.90 Å². The highest BCUT2D eigenvalue weighted by Crippen LogP contribution is 2.16. The summed E-state index contributed by atoms with van der Waals surface area (Å²) in [6.45, 7) is 1.02. The van der Waals surface area contributed by atoms with Crippen LogP contribution >= 0.6 is 11.6 Å². The molecule has 0 amide bonds. The largest absolute Gasteiger partial charge is 0.481 e. The molecule has 4 nitrogen and oxygen atoms in total. The first-order valence-electron chi connectivity index (χ1n) is 5.18. The third-order valence-electron chi connectivity index (χ3n) is 2.29. The summed E-state index contributed by atoms with van der Waals surface area (Å²) in [7, 11) is 0. The molecule has 0 fully saturated rings. The molecule has 90 valence electrons. The monoisotopic (exact) mass is 252 g/mol. The van der Waals surface area contributed by atoms with E-state index in [9.17, 15) is 4.79 Å². The van der Waals surface area contributed by atoms with E-state index in [-0.39, 0.29) is 13.0 Å². The average molecular weight is 253 g/mol. The fourth-order valence-corrected chi connectivity index (χ4v) is 1.63. The van der Waals surface area contributed by atoms with Crippen molar-refractivity contribution in [3.05, 3.63) is 34.9 Å². The van der Waals surface area contributed by atoms with Gasteiger partial charge in [-0.25, -0.2) is 0 Å². The number of hydrogen-bond acceptors (Lipinski definition) is 3. The van der Waals surface area contributed by atoms with E-state index in [1.165, 1.54) is 0 Å². The third-order valence-corrected chi connectivity index (χ3v) is 2.66. The highest BCUT2D eigenvalue weighted by Gasteiger charge is 2.09. The van der Waals surface area contributed by atoms with Crippen LogP contribution < -0.4 is 0 Å². The molecule has 0 saturated carbocycles. The lowest BCUT2D eigenvalue weighted by atomic mass is 10.2. The summed E-state index contributed by atoms with van der Waals surface area (Å²) in [5, 5.41) is 17.9. The number of aliphatic carboxylic acids is 1. The van der Waals surface area contributed by atoms with Crippen LogP contribution in [0.5, 0.6) is 0 Å². The van der Waals surface area contributed by atoms with Gasteiger partial charge in [-0.2, -0.15) is 5.26 Å². The molecule has 1 N–H and O–H groups in total. The number of nitrogens with zero attached hydrogens (tertiary/aromatic N) is 2. The number of benzene rings is 1. The molecule has 1 aromatic carbocycles. The molecule has 17 heavy (non-hydrogen) atoms. The molecule has 0 heterocycles. The highest BCUT2D eigenvalue weighted by atomic mass is 35.5. The van der Waals surface area contributed by atoms with Crippen LogP contribution in [0.15, 0.2) is 24.3 Å². The van der Waals surface area contributed by atoms with Gasteiger partial charge in [0.1, 0.15) is 0 Å². The molecule has 0 aliphatic heterocycles. The number of carbonyl (C=O) groups is 1. The second-order valence-electron chi connectivity index (χ2n) is 3.60. The van der Waals surface area contributed by atoms with Gasteiger partial charge in [-0.3, -0.25) is 9.69 Å². The summed E-state index contributed by atoms with van der Waals surface area (Å²) in [4.78, 5) is 12.3. The zero-order chi connectivity index (χ0) is 12.7. The van der Waals surface area contributed by atoms with Crippen molar-refractivity contribution in [1.29, 1.82) is 5.26 Å². The molecule has 0 bridgehead atoms. The molecular weight excluding hydrogens is 240 g/mol. The van der Waals surface area contributed by atoms with Gasteiger partial charge in [-0.1, -0.05) is 29.8 Å². The SMILES string of the molecule is N#CCN(CCC(=O)O)Cc1ccccc1Cl. The van der Waals surface area contributed by atoms with E-state index in [0.717, 1.165) is 5.56 Å². The van der Waals surface area contributed by atoms with Crippen molar-refractivity contribution in [3.63, 3.8) is 0 Å². The van der Waals surface area contributed by atoms with Crippen molar-refractivity contribution in [2.45, 2.75) is 13.0 Å². The van der Waals surface area contributed by atoms with E-state index in [1.54, 1.807) is 11.0 Å². The van der Waals surface area contributed by atoms with Gasteiger partial charge in [-0.15, -0.1) is 0 Å². The summed E-state index contributed by atoms with van der Waals surface area (Å²) < 4.78 is 0. The summed E-state index contributed by atoms with van der Waals surface area (Å²) >= 11 is 6.01. The van der Waals surface area contributed by atoms with Crippen LogP contribution in [0, 0.1) is 11.3 Å². The standard InChI is InChI=1S/C12H13ClN2O2/c13-11-4-2-1-3-10(11)9-15(8-6-14)7-5-12(16)17/h1-4H,5,7-9H2,(H,16,17). The van der Waals surface area contributed by atoms with Gasteiger partial charge in [0, 0.05) is 18.1 Å². The van der Waals surface area contributed by atoms with E-state index in [0.29, 0.717) is 18.1 Å². The molecule has 0 unspecified atom stereocenters. The van der Waals surface area contributed by atoms with Crippen molar-refractivity contribution in [3.8, 4) is 6.07 Å². The predicted octanol–water partition coefficient (Wildman–Crippen LogP) is 2.14. The molecule has 0 saturated heterocycles. The Bertz CT molecular complexity index is 429. The maximum atomic E-state index is 10.5. The second-order valence-corrected chi connectivity index (χ2v) is 4.01. The fraction of sp³-hybridized carbons (Fsp3) is 0.333. The van der Waals surface area contributed by atoms with Gasteiger partial charge in [0.25, 0.3) is 0 Å². The van der Waals surface area contributed by atoms with Gasteiger partial charge in [0.05, 0.1) is 19.0 Å². The molecule has 1 aromatic rings. The number of rotatable bonds is 6. The van der Waals surface area contributed by atoms with E-state index in [4.69, 9.17) is 22.0 Å². The Hall–Kier alpha value is -1.57. The first-order valence-corrected chi connectivity index (χ1v) is 5.55. The fourth-order valence-electron chi connectivity index (χ4n) is 1.44. The Kier molecular flexibility index (Phi) is 5.47. The Morgan fingerprint density at radius 2 is 2.18 bits per heavy atom. The van der Waals surface area contributed by atoms with Crippen molar-refractivity contribution < 1.29 is 9.90 Å². The van der Waals surface area contributed by atoms with Crippen LogP contribution in [-0.2, 0) is 11.3 Å². The molecule has 1 rings (SSSR count). The van der Waals surface area contributed by atoms with Gasteiger partial charge in [0.2, 0.25) is 0 Å². The molecule has 0 aliphatic carbocycles. The molecule has 5 heteroatoms. The zero-order valence-corrected chi connectivity index (χ0v) is 10.0. The topological polar surface area (TPSA) is 64.3 Å². The lowest BCUT2D eigenvalue weighted by Gasteiger charge is -2.18. The van der Waals surface area contributed by atoms with E-state index in [1.807, 2.05) is 24.3 Å². The molecule has 0 radical (unpaired) electrons. The highest BCUT2D eigenvalue weighted by molar-refractivity contribution is 6.31. The Morgan fingerprint density at radius 1 is 1.47 bits per heavy atom. The molecular formula is C12H13ClN2O2. The second kappa shape index (κ2) is 6.89. The smallest absolute Gasteiger partial charge is 0.304 e. The minimum atomic E-state index is -0.868. The Labute approximate surface area is 105 Å². The minimum absolute atomic E-state index is 0.0200. The van der Waals surface area contributed by atoms with Crippen LogP contribution in [0.2, 0.25) is 5.02 Å². The number of hydrogen-bond donors (Lipinski definition) is 1. The van der Waals surface area contributed by atoms with Gasteiger partial charge < -0.3 is 5.11 Å². The lowest BCUT2D eigenvalue weighted by Crippen LogP contribution is -2.26. The molecule has 0 spiro atoms. The quantitative estimate of drug-likeness (QED) is 0.788. The van der Waals surface area contributed by atoms with E-state index < -0.39 is 5.97 Å². The minimum Gasteiger partial charge on any atom is -0.481 e. The molecule has 0 atom stereocenters. The van der Waals surface area contributed by atoms with Crippen LogP contribution in [-0.4, -0.2) is 29.1 Å².